The number of fused-ring (bicyclic) bond motifs is 1. The lowest BCUT2D eigenvalue weighted by molar-refractivity contribution is -0.161. The Hall–Kier alpha value is -3.06. The van der Waals surface area contributed by atoms with Gasteiger partial charge < -0.3 is 14.9 Å². The molecule has 2 fully saturated rings. The number of carbonyl (C=O) groups is 2. The summed E-state index contributed by atoms with van der Waals surface area (Å²) in [4.78, 5) is 28.8. The molecule has 154 valence electrons. The summed E-state index contributed by atoms with van der Waals surface area (Å²) in [5.41, 5.74) is 3.26. The standard InChI is InChI=1S/C23H24N4O3/c28-21(26-12-14-27(15-13-26)22(29)23(30)10-3-11-23)17-8-6-16(7-9-17)20-18-4-1-2-5-19(18)24-25-20/h1-2,4,6-9,30H,3,5,10-15H2. The molecule has 1 aromatic rings. The minimum Gasteiger partial charge on any atom is -0.380 e. The molecule has 2 aliphatic heterocycles. The molecule has 1 N–H and O–H groups in total. The molecule has 1 saturated heterocycles. The summed E-state index contributed by atoms with van der Waals surface area (Å²) >= 11 is 0. The van der Waals surface area contributed by atoms with Gasteiger partial charge in [-0.25, -0.2) is 0 Å². The van der Waals surface area contributed by atoms with Crippen molar-refractivity contribution < 1.29 is 14.7 Å². The monoisotopic (exact) mass is 404 g/mol. The van der Waals surface area contributed by atoms with Crippen LogP contribution in [0.3, 0.4) is 0 Å². The third-order valence-electron chi connectivity index (χ3n) is 6.39. The van der Waals surface area contributed by atoms with Gasteiger partial charge in [0.25, 0.3) is 11.8 Å². The van der Waals surface area contributed by atoms with E-state index < -0.39 is 5.60 Å². The van der Waals surface area contributed by atoms with Gasteiger partial charge in [-0.15, -0.1) is 5.10 Å². The molecule has 0 unspecified atom stereocenters. The lowest BCUT2D eigenvalue weighted by Crippen LogP contribution is -2.58. The second-order valence-corrected chi connectivity index (χ2v) is 8.25. The molecule has 0 aromatic heterocycles. The van der Waals surface area contributed by atoms with Gasteiger partial charge in [-0.1, -0.05) is 30.4 Å². The smallest absolute Gasteiger partial charge is 0.254 e. The molecular weight excluding hydrogens is 380 g/mol. The number of hydrogen-bond donors (Lipinski definition) is 1. The average molecular weight is 404 g/mol. The highest BCUT2D eigenvalue weighted by molar-refractivity contribution is 6.33. The molecule has 4 aliphatic rings. The van der Waals surface area contributed by atoms with Gasteiger partial charge >= 0.3 is 0 Å². The number of nitrogens with zero attached hydrogens (tertiary/aromatic N) is 4. The molecule has 2 aliphatic carbocycles. The summed E-state index contributed by atoms with van der Waals surface area (Å²) in [6.45, 7) is 1.88. The van der Waals surface area contributed by atoms with Crippen molar-refractivity contribution in [1.29, 1.82) is 0 Å². The maximum atomic E-state index is 12.9. The average Bonchev–Trinajstić information content (AvgIpc) is 3.21. The van der Waals surface area contributed by atoms with Gasteiger partial charge in [0.1, 0.15) is 11.3 Å². The molecule has 30 heavy (non-hydrogen) atoms. The van der Waals surface area contributed by atoms with E-state index in [9.17, 15) is 14.7 Å². The van der Waals surface area contributed by atoms with Crippen molar-refractivity contribution in [1.82, 2.24) is 9.80 Å². The third-order valence-corrected chi connectivity index (χ3v) is 6.39. The number of piperazine rings is 1. The van der Waals surface area contributed by atoms with Crippen LogP contribution >= 0.6 is 0 Å². The van der Waals surface area contributed by atoms with Crippen LogP contribution in [0.25, 0.3) is 0 Å². The topological polar surface area (TPSA) is 85.6 Å². The molecule has 0 atom stereocenters. The first kappa shape index (κ1) is 18.9. The molecule has 1 saturated carbocycles. The molecule has 2 amide bonds. The number of carbonyl (C=O) groups excluding carboxylic acids is 2. The Labute approximate surface area is 175 Å². The lowest BCUT2D eigenvalue weighted by atomic mass is 9.79. The maximum Gasteiger partial charge on any atom is 0.254 e. The highest BCUT2D eigenvalue weighted by Gasteiger charge is 2.45. The van der Waals surface area contributed by atoms with Crippen LogP contribution in [-0.2, 0) is 4.79 Å². The van der Waals surface area contributed by atoms with Gasteiger partial charge in [0.2, 0.25) is 0 Å². The van der Waals surface area contributed by atoms with Crippen molar-refractivity contribution in [3.05, 3.63) is 59.2 Å². The minimum absolute atomic E-state index is 0.0406. The Morgan fingerprint density at radius 1 is 0.967 bits per heavy atom. The summed E-state index contributed by atoms with van der Waals surface area (Å²) in [5, 5.41) is 18.8. The zero-order valence-corrected chi connectivity index (χ0v) is 16.8. The van der Waals surface area contributed by atoms with Crippen LogP contribution in [0.1, 0.15) is 41.6 Å². The van der Waals surface area contributed by atoms with Crippen molar-refractivity contribution in [2.24, 2.45) is 10.2 Å². The molecule has 7 nitrogen and oxygen atoms in total. The zero-order valence-electron chi connectivity index (χ0n) is 16.8. The Morgan fingerprint density at radius 3 is 2.33 bits per heavy atom. The van der Waals surface area contributed by atoms with E-state index in [0.29, 0.717) is 44.6 Å². The Balaban J connectivity index is 1.22. The third kappa shape index (κ3) is 3.19. The minimum atomic E-state index is -1.17. The Bertz CT molecular complexity index is 1010. The molecule has 0 radical (unpaired) electrons. The van der Waals surface area contributed by atoms with Crippen molar-refractivity contribution in [2.75, 3.05) is 26.2 Å². The normalized spacial score (nSPS) is 22.0. The summed E-state index contributed by atoms with van der Waals surface area (Å²) in [5.74, 6) is -0.225. The first-order chi connectivity index (χ1) is 14.5. The Kier molecular flexibility index (Phi) is 4.62. The predicted molar refractivity (Wildman–Crippen MR) is 114 cm³/mol. The van der Waals surface area contributed by atoms with Crippen molar-refractivity contribution in [3.63, 3.8) is 0 Å². The van der Waals surface area contributed by atoms with E-state index in [1.54, 1.807) is 9.80 Å². The lowest BCUT2D eigenvalue weighted by Gasteiger charge is -2.42. The van der Waals surface area contributed by atoms with Gasteiger partial charge in [-0.3, -0.25) is 9.59 Å². The largest absolute Gasteiger partial charge is 0.380 e. The zero-order chi connectivity index (χ0) is 20.7. The summed E-state index contributed by atoms with van der Waals surface area (Å²) in [6, 6.07) is 7.48. The number of rotatable bonds is 3. The molecule has 2 heterocycles. The van der Waals surface area contributed by atoms with Crippen LogP contribution in [0.15, 0.2) is 58.3 Å². The fourth-order valence-corrected chi connectivity index (χ4v) is 4.32. The second kappa shape index (κ2) is 7.32. The highest BCUT2D eigenvalue weighted by Crippen LogP contribution is 2.33. The van der Waals surface area contributed by atoms with Gasteiger partial charge in [0.05, 0.1) is 5.71 Å². The van der Waals surface area contributed by atoms with E-state index in [2.05, 4.69) is 16.3 Å². The highest BCUT2D eigenvalue weighted by atomic mass is 16.3. The number of allylic oxidation sites excluding steroid dienone is 4. The molecule has 5 rings (SSSR count). The van der Waals surface area contributed by atoms with Crippen LogP contribution < -0.4 is 0 Å². The van der Waals surface area contributed by atoms with E-state index >= 15 is 0 Å². The van der Waals surface area contributed by atoms with E-state index in [1.807, 2.05) is 36.4 Å². The first-order valence-corrected chi connectivity index (χ1v) is 10.5. The van der Waals surface area contributed by atoms with Crippen molar-refractivity contribution >= 4 is 23.2 Å². The maximum absolute atomic E-state index is 12.9. The van der Waals surface area contributed by atoms with Gasteiger partial charge in [-0.2, -0.15) is 5.10 Å². The number of hydrogen-bond acceptors (Lipinski definition) is 5. The SMILES string of the molecule is O=C(c1ccc(C2=NN=C3CC=CC=C32)cc1)N1CCN(C(=O)C2(O)CCC2)CC1. The summed E-state index contributed by atoms with van der Waals surface area (Å²) < 4.78 is 0. The molecule has 0 bridgehead atoms. The number of aliphatic hydroxyl groups is 1. The van der Waals surface area contributed by atoms with Crippen LogP contribution in [0.4, 0.5) is 0 Å². The molecular formula is C23H24N4O3. The fourth-order valence-electron chi connectivity index (χ4n) is 4.32. The van der Waals surface area contributed by atoms with Crippen molar-refractivity contribution in [2.45, 2.75) is 31.3 Å². The van der Waals surface area contributed by atoms with Crippen molar-refractivity contribution in [3.8, 4) is 0 Å². The van der Waals surface area contributed by atoms with E-state index in [4.69, 9.17) is 0 Å². The molecule has 7 heteroatoms. The predicted octanol–water partition coefficient (Wildman–Crippen LogP) is 1.93. The van der Waals surface area contributed by atoms with Gasteiger partial charge in [-0.05, 0) is 31.4 Å². The number of amides is 2. The van der Waals surface area contributed by atoms with E-state index in [1.165, 1.54) is 0 Å². The second-order valence-electron chi connectivity index (χ2n) is 8.25. The first-order valence-electron chi connectivity index (χ1n) is 10.5. The van der Waals surface area contributed by atoms with Crippen LogP contribution in [0, 0.1) is 0 Å². The summed E-state index contributed by atoms with van der Waals surface area (Å²) in [7, 11) is 0. The molecule has 1 aromatic carbocycles. The van der Waals surface area contributed by atoms with E-state index in [-0.39, 0.29) is 11.8 Å². The Morgan fingerprint density at radius 2 is 1.67 bits per heavy atom. The van der Waals surface area contributed by atoms with E-state index in [0.717, 1.165) is 35.4 Å². The van der Waals surface area contributed by atoms with Gasteiger partial charge in [0.15, 0.2) is 0 Å². The fraction of sp³-hybridized carbons (Fsp3) is 0.391. The van der Waals surface area contributed by atoms with Crippen LogP contribution in [0.5, 0.6) is 0 Å². The van der Waals surface area contributed by atoms with Gasteiger partial charge in [0, 0.05) is 49.3 Å². The van der Waals surface area contributed by atoms with Crippen LogP contribution in [0.2, 0.25) is 0 Å². The quantitative estimate of drug-likeness (QED) is 0.835. The van der Waals surface area contributed by atoms with Crippen LogP contribution in [-0.4, -0.2) is 69.9 Å². The number of benzene rings is 1. The summed E-state index contributed by atoms with van der Waals surface area (Å²) in [6.07, 6.45) is 8.87. The molecule has 0 spiro atoms.